The van der Waals surface area contributed by atoms with Crippen LogP contribution in [0.25, 0.3) is 0 Å². The normalized spacial score (nSPS) is 11.5. The summed E-state index contributed by atoms with van der Waals surface area (Å²) in [7, 11) is 0. The minimum absolute atomic E-state index is 0.0700. The van der Waals surface area contributed by atoms with Crippen molar-refractivity contribution in [3.8, 4) is 5.75 Å². The molecule has 0 saturated carbocycles. The number of carbonyl (C=O) groups excluding carboxylic acids is 2. The van der Waals surface area contributed by atoms with Gasteiger partial charge in [0.1, 0.15) is 11.5 Å². The summed E-state index contributed by atoms with van der Waals surface area (Å²) in [5.74, 6) is 1.11. The smallest absolute Gasteiger partial charge is 0.255 e. The Morgan fingerprint density at radius 3 is 2.27 bits per heavy atom. The van der Waals surface area contributed by atoms with Gasteiger partial charge >= 0.3 is 0 Å². The lowest BCUT2D eigenvalue weighted by atomic mass is 10.2. The Hall–Kier alpha value is -3.58. The molecule has 0 unspecified atom stereocenters. The van der Waals surface area contributed by atoms with Crippen LogP contribution in [0.5, 0.6) is 5.75 Å². The first-order valence-corrected chi connectivity index (χ1v) is 9.76. The van der Waals surface area contributed by atoms with Crippen LogP contribution in [0.2, 0.25) is 0 Å². The van der Waals surface area contributed by atoms with Gasteiger partial charge in [0.2, 0.25) is 5.91 Å². The number of nitrogens with one attached hydrogen (secondary N) is 3. The standard InChI is InChI=1S/C23H25N3O4/c1-3-29-20-12-10-19(11-13-20)26-23(28)17-6-8-18(9-7-17)25-22(27)15-24-16(2)21-5-4-14-30-21/h4-14,16,24H,3,15H2,1-2H3,(H,25,27)(H,26,28)/t16-/m0/s1. The highest BCUT2D eigenvalue weighted by Gasteiger charge is 2.11. The summed E-state index contributed by atoms with van der Waals surface area (Å²) in [6.07, 6.45) is 1.60. The molecule has 156 valence electrons. The highest BCUT2D eigenvalue weighted by Crippen LogP contribution is 2.17. The van der Waals surface area contributed by atoms with Crippen LogP contribution in [0.3, 0.4) is 0 Å². The molecule has 30 heavy (non-hydrogen) atoms. The average Bonchev–Trinajstić information content (AvgIpc) is 3.29. The Morgan fingerprint density at radius 1 is 0.967 bits per heavy atom. The molecule has 3 N–H and O–H groups in total. The molecule has 2 aromatic carbocycles. The molecule has 2 amide bonds. The fraction of sp³-hybridized carbons (Fsp3) is 0.217. The number of amides is 2. The molecule has 3 rings (SSSR count). The van der Waals surface area contributed by atoms with Gasteiger partial charge in [0.15, 0.2) is 0 Å². The van der Waals surface area contributed by atoms with Gasteiger partial charge in [0.25, 0.3) is 5.91 Å². The molecule has 1 aromatic heterocycles. The van der Waals surface area contributed by atoms with E-state index in [-0.39, 0.29) is 24.4 Å². The summed E-state index contributed by atoms with van der Waals surface area (Å²) in [6.45, 7) is 4.57. The maximum atomic E-state index is 12.4. The Morgan fingerprint density at radius 2 is 1.63 bits per heavy atom. The van der Waals surface area contributed by atoms with Crippen molar-refractivity contribution >= 4 is 23.2 Å². The van der Waals surface area contributed by atoms with E-state index in [0.717, 1.165) is 11.5 Å². The zero-order chi connectivity index (χ0) is 21.3. The number of anilines is 2. The van der Waals surface area contributed by atoms with Crippen LogP contribution >= 0.6 is 0 Å². The second kappa shape index (κ2) is 10.3. The third-order valence-electron chi connectivity index (χ3n) is 4.39. The predicted octanol–water partition coefficient (Wildman–Crippen LogP) is 4.22. The summed E-state index contributed by atoms with van der Waals surface area (Å²) in [6, 6.07) is 17.5. The van der Waals surface area contributed by atoms with Crippen molar-refractivity contribution in [2.24, 2.45) is 0 Å². The van der Waals surface area contributed by atoms with Crippen LogP contribution in [0.4, 0.5) is 11.4 Å². The zero-order valence-corrected chi connectivity index (χ0v) is 17.0. The lowest BCUT2D eigenvalue weighted by Gasteiger charge is -2.12. The van der Waals surface area contributed by atoms with Crippen LogP contribution in [0.15, 0.2) is 71.3 Å². The number of furan rings is 1. The van der Waals surface area contributed by atoms with Crippen LogP contribution in [-0.4, -0.2) is 25.0 Å². The number of carbonyl (C=O) groups is 2. The number of hydrogen-bond donors (Lipinski definition) is 3. The third kappa shape index (κ3) is 5.96. The van der Waals surface area contributed by atoms with E-state index in [9.17, 15) is 9.59 Å². The van der Waals surface area contributed by atoms with E-state index in [2.05, 4.69) is 16.0 Å². The molecule has 3 aromatic rings. The van der Waals surface area contributed by atoms with Crippen LogP contribution in [0.1, 0.15) is 36.0 Å². The molecule has 0 aliphatic heterocycles. The molecule has 0 aliphatic rings. The summed E-state index contributed by atoms with van der Waals surface area (Å²) in [5.41, 5.74) is 1.79. The number of ether oxygens (including phenoxy) is 1. The van der Waals surface area contributed by atoms with Crippen molar-refractivity contribution in [2.75, 3.05) is 23.8 Å². The van der Waals surface area contributed by atoms with Crippen LogP contribution in [-0.2, 0) is 4.79 Å². The molecule has 0 bridgehead atoms. The Balaban J connectivity index is 1.48. The highest BCUT2D eigenvalue weighted by molar-refractivity contribution is 6.04. The van der Waals surface area contributed by atoms with Crippen molar-refractivity contribution in [1.29, 1.82) is 0 Å². The van der Waals surface area contributed by atoms with Gasteiger partial charge < -0.3 is 19.8 Å². The van der Waals surface area contributed by atoms with E-state index < -0.39 is 0 Å². The van der Waals surface area contributed by atoms with Gasteiger partial charge in [-0.05, 0) is 74.5 Å². The molecule has 0 fully saturated rings. The average molecular weight is 407 g/mol. The lowest BCUT2D eigenvalue weighted by Crippen LogP contribution is -2.30. The van der Waals surface area contributed by atoms with Crippen molar-refractivity contribution < 1.29 is 18.7 Å². The van der Waals surface area contributed by atoms with Crippen molar-refractivity contribution in [3.63, 3.8) is 0 Å². The van der Waals surface area contributed by atoms with Gasteiger partial charge in [-0.2, -0.15) is 0 Å². The van der Waals surface area contributed by atoms with E-state index in [0.29, 0.717) is 23.5 Å². The Labute approximate surface area is 175 Å². The minimum atomic E-state index is -0.231. The van der Waals surface area contributed by atoms with Crippen LogP contribution in [0, 0.1) is 0 Å². The van der Waals surface area contributed by atoms with Gasteiger partial charge in [-0.3, -0.25) is 14.9 Å². The molecular weight excluding hydrogens is 382 g/mol. The van der Waals surface area contributed by atoms with Crippen molar-refractivity contribution in [1.82, 2.24) is 5.32 Å². The molecule has 7 heteroatoms. The monoisotopic (exact) mass is 407 g/mol. The largest absolute Gasteiger partial charge is 0.494 e. The summed E-state index contributed by atoms with van der Waals surface area (Å²) in [5, 5.41) is 8.73. The van der Waals surface area contributed by atoms with Gasteiger partial charge in [0, 0.05) is 16.9 Å². The van der Waals surface area contributed by atoms with Gasteiger partial charge in [-0.1, -0.05) is 0 Å². The fourth-order valence-corrected chi connectivity index (χ4v) is 2.80. The first-order chi connectivity index (χ1) is 14.5. The minimum Gasteiger partial charge on any atom is -0.494 e. The predicted molar refractivity (Wildman–Crippen MR) is 116 cm³/mol. The molecule has 0 aliphatic carbocycles. The van der Waals surface area contributed by atoms with E-state index in [1.54, 1.807) is 60.9 Å². The highest BCUT2D eigenvalue weighted by atomic mass is 16.5. The lowest BCUT2D eigenvalue weighted by molar-refractivity contribution is -0.115. The number of rotatable bonds is 9. The van der Waals surface area contributed by atoms with E-state index in [1.165, 1.54) is 0 Å². The van der Waals surface area contributed by atoms with Gasteiger partial charge in [0.05, 0.1) is 25.5 Å². The molecule has 0 spiro atoms. The SMILES string of the molecule is CCOc1ccc(NC(=O)c2ccc(NC(=O)CN[C@@H](C)c3ccco3)cc2)cc1. The Bertz CT molecular complexity index is 951. The second-order valence-corrected chi connectivity index (χ2v) is 6.66. The van der Waals surface area contributed by atoms with Crippen molar-refractivity contribution in [2.45, 2.75) is 19.9 Å². The summed E-state index contributed by atoms with van der Waals surface area (Å²) < 4.78 is 10.7. The molecule has 7 nitrogen and oxygen atoms in total. The quantitative estimate of drug-likeness (QED) is 0.494. The molecular formula is C23H25N3O4. The second-order valence-electron chi connectivity index (χ2n) is 6.66. The van der Waals surface area contributed by atoms with Crippen molar-refractivity contribution in [3.05, 3.63) is 78.3 Å². The molecule has 0 saturated heterocycles. The van der Waals surface area contributed by atoms with Gasteiger partial charge in [-0.15, -0.1) is 0 Å². The number of hydrogen-bond acceptors (Lipinski definition) is 5. The molecule has 1 heterocycles. The van der Waals surface area contributed by atoms with E-state index in [1.807, 2.05) is 19.9 Å². The maximum Gasteiger partial charge on any atom is 0.255 e. The zero-order valence-electron chi connectivity index (χ0n) is 17.0. The molecule has 1 atom stereocenters. The molecule has 0 radical (unpaired) electrons. The third-order valence-corrected chi connectivity index (χ3v) is 4.39. The van der Waals surface area contributed by atoms with E-state index >= 15 is 0 Å². The maximum absolute atomic E-state index is 12.4. The topological polar surface area (TPSA) is 92.6 Å². The summed E-state index contributed by atoms with van der Waals surface area (Å²) >= 11 is 0. The number of benzene rings is 2. The van der Waals surface area contributed by atoms with Gasteiger partial charge in [-0.25, -0.2) is 0 Å². The first-order valence-electron chi connectivity index (χ1n) is 9.76. The first kappa shape index (κ1) is 21.1. The summed E-state index contributed by atoms with van der Waals surface area (Å²) in [4.78, 5) is 24.5. The fourth-order valence-electron chi connectivity index (χ4n) is 2.80. The van der Waals surface area contributed by atoms with E-state index in [4.69, 9.17) is 9.15 Å². The van der Waals surface area contributed by atoms with Crippen LogP contribution < -0.4 is 20.7 Å². The Kier molecular flexibility index (Phi) is 7.24.